The Morgan fingerprint density at radius 3 is 2.25 bits per heavy atom. The van der Waals surface area contributed by atoms with Gasteiger partial charge in [-0.05, 0) is 55.8 Å². The van der Waals surface area contributed by atoms with Gasteiger partial charge in [0.15, 0.2) is 0 Å². The lowest BCUT2D eigenvalue weighted by Gasteiger charge is -2.16. The first-order valence-corrected chi connectivity index (χ1v) is 10.2. The van der Waals surface area contributed by atoms with Gasteiger partial charge in [0.05, 0.1) is 28.9 Å². The number of halogens is 1. The van der Waals surface area contributed by atoms with Crippen LogP contribution >= 0.6 is 23.4 Å². The molecule has 0 saturated carbocycles. The number of aliphatic hydroxyl groups is 1. The number of aliphatic hydroxyl groups excluding tert-OH is 1. The Balaban J connectivity index is 1.96. The fourth-order valence-corrected chi connectivity index (χ4v) is 3.83. The predicted octanol–water partition coefficient (Wildman–Crippen LogP) is 4.14. The SMILES string of the molecule is CC(C)Oc1ccc(N2C(=O)C(SCCO)=C(c3ccc(Cl)cc3)C2=O)cc1. The smallest absolute Gasteiger partial charge is 0.272 e. The first-order valence-electron chi connectivity index (χ1n) is 8.81. The first kappa shape index (κ1) is 20.5. The van der Waals surface area contributed by atoms with Crippen LogP contribution in [0, 0.1) is 0 Å². The number of carbonyl (C=O) groups excluding carboxylic acids is 2. The Labute approximate surface area is 172 Å². The predicted molar refractivity (Wildman–Crippen MR) is 113 cm³/mol. The summed E-state index contributed by atoms with van der Waals surface area (Å²) in [6.07, 6.45) is 0.0283. The molecule has 0 aromatic heterocycles. The average Bonchev–Trinajstić information content (AvgIpc) is 2.91. The molecule has 5 nitrogen and oxygen atoms in total. The number of carbonyl (C=O) groups is 2. The highest BCUT2D eigenvalue weighted by molar-refractivity contribution is 8.04. The molecular formula is C21H20ClNO4S. The minimum absolute atomic E-state index is 0.0283. The summed E-state index contributed by atoms with van der Waals surface area (Å²) in [7, 11) is 0. The van der Waals surface area contributed by atoms with Gasteiger partial charge in [0, 0.05) is 10.8 Å². The van der Waals surface area contributed by atoms with E-state index in [0.29, 0.717) is 38.3 Å². The van der Waals surface area contributed by atoms with Crippen LogP contribution in [0.2, 0.25) is 5.02 Å². The molecule has 0 unspecified atom stereocenters. The van der Waals surface area contributed by atoms with Crippen molar-refractivity contribution < 1.29 is 19.4 Å². The van der Waals surface area contributed by atoms with Gasteiger partial charge in [0.1, 0.15) is 5.75 Å². The Morgan fingerprint density at radius 2 is 1.68 bits per heavy atom. The Kier molecular flexibility index (Phi) is 6.44. The van der Waals surface area contributed by atoms with E-state index in [0.717, 1.165) is 4.90 Å². The van der Waals surface area contributed by atoms with E-state index in [-0.39, 0.29) is 12.7 Å². The monoisotopic (exact) mass is 417 g/mol. The van der Waals surface area contributed by atoms with Crippen molar-refractivity contribution in [2.75, 3.05) is 17.3 Å². The van der Waals surface area contributed by atoms with E-state index in [4.69, 9.17) is 16.3 Å². The van der Waals surface area contributed by atoms with Crippen LogP contribution in [0.3, 0.4) is 0 Å². The normalized spacial score (nSPS) is 14.4. The molecule has 2 aromatic carbocycles. The highest BCUT2D eigenvalue weighted by Crippen LogP contribution is 2.38. The number of amides is 2. The molecule has 2 amide bonds. The Hall–Kier alpha value is -2.28. The van der Waals surface area contributed by atoms with Crippen molar-refractivity contribution in [3.63, 3.8) is 0 Å². The summed E-state index contributed by atoms with van der Waals surface area (Å²) < 4.78 is 5.62. The molecule has 1 aliphatic heterocycles. The van der Waals surface area contributed by atoms with Crippen molar-refractivity contribution in [1.82, 2.24) is 0 Å². The summed E-state index contributed by atoms with van der Waals surface area (Å²) in [4.78, 5) is 27.6. The lowest BCUT2D eigenvalue weighted by atomic mass is 10.1. The molecule has 146 valence electrons. The molecule has 0 radical (unpaired) electrons. The number of thioether (sulfide) groups is 1. The van der Waals surface area contributed by atoms with Gasteiger partial charge in [0.2, 0.25) is 0 Å². The zero-order valence-corrected chi connectivity index (χ0v) is 17.1. The van der Waals surface area contributed by atoms with Crippen LogP contribution in [-0.4, -0.2) is 35.4 Å². The third-order valence-electron chi connectivity index (χ3n) is 3.98. The van der Waals surface area contributed by atoms with Gasteiger partial charge in [-0.15, -0.1) is 11.8 Å². The number of nitrogens with zero attached hydrogens (tertiary/aromatic N) is 1. The van der Waals surface area contributed by atoms with Crippen LogP contribution in [0.15, 0.2) is 53.4 Å². The van der Waals surface area contributed by atoms with Crippen molar-refractivity contribution in [3.8, 4) is 5.75 Å². The summed E-state index contributed by atoms with van der Waals surface area (Å²) in [6, 6.07) is 13.6. The largest absolute Gasteiger partial charge is 0.491 e. The van der Waals surface area contributed by atoms with E-state index in [9.17, 15) is 14.7 Å². The van der Waals surface area contributed by atoms with Gasteiger partial charge >= 0.3 is 0 Å². The highest BCUT2D eigenvalue weighted by atomic mass is 35.5. The molecule has 3 rings (SSSR count). The lowest BCUT2D eigenvalue weighted by molar-refractivity contribution is -0.119. The van der Waals surface area contributed by atoms with E-state index in [1.54, 1.807) is 48.5 Å². The number of hydrogen-bond acceptors (Lipinski definition) is 5. The minimum atomic E-state index is -0.398. The summed E-state index contributed by atoms with van der Waals surface area (Å²) in [5, 5.41) is 9.72. The number of benzene rings is 2. The molecule has 0 saturated heterocycles. The third kappa shape index (κ3) is 4.24. The molecule has 0 fully saturated rings. The Morgan fingerprint density at radius 1 is 1.04 bits per heavy atom. The maximum absolute atomic E-state index is 13.1. The molecule has 7 heteroatoms. The number of ether oxygens (including phenoxy) is 1. The lowest BCUT2D eigenvalue weighted by Crippen LogP contribution is -2.31. The van der Waals surface area contributed by atoms with Crippen molar-refractivity contribution in [3.05, 3.63) is 64.0 Å². The van der Waals surface area contributed by atoms with E-state index in [1.165, 1.54) is 11.8 Å². The van der Waals surface area contributed by atoms with Gasteiger partial charge in [-0.2, -0.15) is 0 Å². The van der Waals surface area contributed by atoms with Crippen molar-refractivity contribution in [1.29, 1.82) is 0 Å². The number of rotatable bonds is 7. The molecule has 1 heterocycles. The third-order valence-corrected chi connectivity index (χ3v) is 5.28. The second kappa shape index (κ2) is 8.82. The van der Waals surface area contributed by atoms with Gasteiger partial charge in [-0.25, -0.2) is 4.90 Å². The average molecular weight is 418 g/mol. The van der Waals surface area contributed by atoms with E-state index < -0.39 is 11.8 Å². The van der Waals surface area contributed by atoms with Crippen molar-refractivity contribution in [2.24, 2.45) is 0 Å². The number of hydrogen-bond donors (Lipinski definition) is 1. The molecule has 0 atom stereocenters. The zero-order chi connectivity index (χ0) is 20.3. The molecule has 28 heavy (non-hydrogen) atoms. The van der Waals surface area contributed by atoms with Crippen LogP contribution < -0.4 is 9.64 Å². The van der Waals surface area contributed by atoms with Crippen molar-refractivity contribution >= 4 is 46.4 Å². The van der Waals surface area contributed by atoms with Gasteiger partial charge in [-0.3, -0.25) is 9.59 Å². The van der Waals surface area contributed by atoms with Crippen LogP contribution in [0.25, 0.3) is 5.57 Å². The summed E-state index contributed by atoms with van der Waals surface area (Å²) in [6.45, 7) is 3.76. The van der Waals surface area contributed by atoms with E-state index in [1.807, 2.05) is 13.8 Å². The first-order chi connectivity index (χ1) is 13.4. The molecule has 2 aromatic rings. The van der Waals surface area contributed by atoms with Gasteiger partial charge < -0.3 is 9.84 Å². The maximum atomic E-state index is 13.1. The Bertz CT molecular complexity index is 907. The highest BCUT2D eigenvalue weighted by Gasteiger charge is 2.40. The van der Waals surface area contributed by atoms with Gasteiger partial charge in [-0.1, -0.05) is 23.7 Å². The van der Waals surface area contributed by atoms with Crippen LogP contribution in [0.1, 0.15) is 19.4 Å². The standard InChI is InChI=1S/C21H20ClNO4S/c1-13(2)27-17-9-7-16(8-10-17)23-20(25)18(14-3-5-15(22)6-4-14)19(21(23)26)28-12-11-24/h3-10,13,24H,11-12H2,1-2H3. The minimum Gasteiger partial charge on any atom is -0.491 e. The molecular weight excluding hydrogens is 398 g/mol. The topological polar surface area (TPSA) is 66.8 Å². The van der Waals surface area contributed by atoms with Crippen LogP contribution in [-0.2, 0) is 9.59 Å². The second-order valence-electron chi connectivity index (χ2n) is 6.39. The summed E-state index contributed by atoms with van der Waals surface area (Å²) in [5.41, 5.74) is 1.41. The van der Waals surface area contributed by atoms with Crippen LogP contribution in [0.5, 0.6) is 5.75 Å². The van der Waals surface area contributed by atoms with Crippen molar-refractivity contribution in [2.45, 2.75) is 20.0 Å². The summed E-state index contributed by atoms with van der Waals surface area (Å²) >= 11 is 7.12. The fraction of sp³-hybridized carbons (Fsp3) is 0.238. The molecule has 0 bridgehead atoms. The second-order valence-corrected chi connectivity index (χ2v) is 7.93. The molecule has 1 aliphatic rings. The van der Waals surface area contributed by atoms with E-state index in [2.05, 4.69) is 0 Å². The fourth-order valence-electron chi connectivity index (χ4n) is 2.84. The maximum Gasteiger partial charge on any atom is 0.272 e. The number of imide groups is 1. The quantitative estimate of drug-likeness (QED) is 0.686. The van der Waals surface area contributed by atoms with E-state index >= 15 is 0 Å². The molecule has 0 aliphatic carbocycles. The zero-order valence-electron chi connectivity index (χ0n) is 15.5. The molecule has 1 N–H and O–H groups in total. The molecule has 0 spiro atoms. The van der Waals surface area contributed by atoms with Gasteiger partial charge in [0.25, 0.3) is 11.8 Å². The summed E-state index contributed by atoms with van der Waals surface area (Å²) in [5.74, 6) is 0.190. The number of anilines is 1. The van der Waals surface area contributed by atoms with Crippen LogP contribution in [0.4, 0.5) is 5.69 Å².